The van der Waals surface area contributed by atoms with Gasteiger partial charge in [0, 0.05) is 13.2 Å². The van der Waals surface area contributed by atoms with Gasteiger partial charge >= 0.3 is 6.09 Å². The molecule has 1 saturated heterocycles. The van der Waals surface area contributed by atoms with Crippen molar-refractivity contribution in [2.45, 2.75) is 32.4 Å². The highest BCUT2D eigenvalue weighted by Gasteiger charge is 2.28. The van der Waals surface area contributed by atoms with Crippen molar-refractivity contribution in [2.24, 2.45) is 0 Å². The quantitative estimate of drug-likeness (QED) is 0.703. The molecule has 1 aliphatic rings. The Balaban J connectivity index is 2.35. The molecule has 0 saturated carbocycles. The third kappa shape index (κ3) is 2.11. The van der Waals surface area contributed by atoms with Crippen LogP contribution < -0.4 is 0 Å². The molecule has 12 heavy (non-hydrogen) atoms. The highest BCUT2D eigenvalue weighted by molar-refractivity contribution is 5.65. The largest absolute Gasteiger partial charge is 0.465 e. The van der Waals surface area contributed by atoms with Crippen molar-refractivity contribution < 1.29 is 14.6 Å². The smallest absolute Gasteiger partial charge is 0.409 e. The SMILES string of the molecule is CCCOC1CCCN1C(=O)O. The fourth-order valence-electron chi connectivity index (χ4n) is 1.38. The van der Waals surface area contributed by atoms with Gasteiger partial charge in [-0.2, -0.15) is 0 Å². The molecule has 0 radical (unpaired) electrons. The van der Waals surface area contributed by atoms with E-state index >= 15 is 0 Å². The van der Waals surface area contributed by atoms with E-state index in [-0.39, 0.29) is 6.23 Å². The summed E-state index contributed by atoms with van der Waals surface area (Å²) in [4.78, 5) is 12.0. The lowest BCUT2D eigenvalue weighted by Crippen LogP contribution is -2.36. The van der Waals surface area contributed by atoms with Gasteiger partial charge in [-0.25, -0.2) is 4.79 Å². The van der Waals surface area contributed by atoms with E-state index in [0.29, 0.717) is 13.2 Å². The first-order valence-electron chi connectivity index (χ1n) is 4.37. The maximum atomic E-state index is 10.6. The van der Waals surface area contributed by atoms with E-state index < -0.39 is 6.09 Å². The molecule has 4 nitrogen and oxygen atoms in total. The summed E-state index contributed by atoms with van der Waals surface area (Å²) in [5.41, 5.74) is 0. The minimum atomic E-state index is -0.867. The number of hydrogen-bond acceptors (Lipinski definition) is 2. The Hall–Kier alpha value is -0.770. The van der Waals surface area contributed by atoms with E-state index in [1.165, 1.54) is 4.90 Å². The highest BCUT2D eigenvalue weighted by Crippen LogP contribution is 2.18. The lowest BCUT2D eigenvalue weighted by molar-refractivity contribution is -0.0253. The molecule has 0 aliphatic carbocycles. The zero-order valence-corrected chi connectivity index (χ0v) is 7.32. The Morgan fingerprint density at radius 2 is 2.50 bits per heavy atom. The van der Waals surface area contributed by atoms with Crippen LogP contribution in [0.15, 0.2) is 0 Å². The number of amides is 1. The predicted molar refractivity (Wildman–Crippen MR) is 44.0 cm³/mol. The number of rotatable bonds is 3. The van der Waals surface area contributed by atoms with E-state index in [4.69, 9.17) is 9.84 Å². The van der Waals surface area contributed by atoms with Crippen LogP contribution in [0.3, 0.4) is 0 Å². The van der Waals surface area contributed by atoms with Gasteiger partial charge in [0.25, 0.3) is 0 Å². The second-order valence-corrected chi connectivity index (χ2v) is 2.94. The summed E-state index contributed by atoms with van der Waals surface area (Å²) in [5.74, 6) is 0. The highest BCUT2D eigenvalue weighted by atomic mass is 16.5. The van der Waals surface area contributed by atoms with Gasteiger partial charge in [-0.05, 0) is 19.3 Å². The molecule has 1 fully saturated rings. The summed E-state index contributed by atoms with van der Waals surface area (Å²) in [5, 5.41) is 8.73. The number of ether oxygens (including phenoxy) is 1. The average Bonchev–Trinajstić information content (AvgIpc) is 2.48. The molecule has 1 aliphatic heterocycles. The Kier molecular flexibility index (Phi) is 3.34. The van der Waals surface area contributed by atoms with Gasteiger partial charge in [0.2, 0.25) is 0 Å². The fourth-order valence-corrected chi connectivity index (χ4v) is 1.38. The molecule has 1 heterocycles. The van der Waals surface area contributed by atoms with Crippen molar-refractivity contribution in [1.82, 2.24) is 4.90 Å². The van der Waals surface area contributed by atoms with E-state index in [9.17, 15) is 4.79 Å². The fraction of sp³-hybridized carbons (Fsp3) is 0.875. The molecule has 0 bridgehead atoms. The molecule has 70 valence electrons. The van der Waals surface area contributed by atoms with Gasteiger partial charge in [0.1, 0.15) is 6.23 Å². The zero-order chi connectivity index (χ0) is 8.97. The lowest BCUT2D eigenvalue weighted by atomic mass is 10.4. The van der Waals surface area contributed by atoms with Crippen LogP contribution in [0.1, 0.15) is 26.2 Å². The van der Waals surface area contributed by atoms with Crippen LogP contribution in [0.25, 0.3) is 0 Å². The van der Waals surface area contributed by atoms with Gasteiger partial charge in [0.15, 0.2) is 0 Å². The first-order valence-corrected chi connectivity index (χ1v) is 4.37. The predicted octanol–water partition coefficient (Wildman–Crippen LogP) is 1.51. The van der Waals surface area contributed by atoms with Gasteiger partial charge in [0.05, 0.1) is 0 Å². The minimum absolute atomic E-state index is 0.192. The van der Waals surface area contributed by atoms with Crippen molar-refractivity contribution in [1.29, 1.82) is 0 Å². The molecule has 0 aromatic carbocycles. The van der Waals surface area contributed by atoms with Crippen molar-refractivity contribution in [3.63, 3.8) is 0 Å². The molecule has 1 atom stereocenters. The summed E-state index contributed by atoms with van der Waals surface area (Å²) < 4.78 is 5.37. The molecule has 0 spiro atoms. The van der Waals surface area contributed by atoms with Crippen LogP contribution in [0.2, 0.25) is 0 Å². The van der Waals surface area contributed by atoms with Crippen LogP contribution in [-0.4, -0.2) is 35.5 Å². The maximum absolute atomic E-state index is 10.6. The monoisotopic (exact) mass is 173 g/mol. The van der Waals surface area contributed by atoms with Gasteiger partial charge in [-0.15, -0.1) is 0 Å². The third-order valence-corrected chi connectivity index (χ3v) is 1.96. The first-order chi connectivity index (χ1) is 5.75. The summed E-state index contributed by atoms with van der Waals surface area (Å²) >= 11 is 0. The van der Waals surface area contributed by atoms with Gasteiger partial charge in [-0.3, -0.25) is 4.90 Å². The van der Waals surface area contributed by atoms with Crippen LogP contribution in [0.4, 0.5) is 4.79 Å². The molecule has 0 aromatic heterocycles. The van der Waals surface area contributed by atoms with Crippen molar-refractivity contribution >= 4 is 6.09 Å². The van der Waals surface area contributed by atoms with Crippen molar-refractivity contribution in [3.8, 4) is 0 Å². The molecular weight excluding hydrogens is 158 g/mol. The van der Waals surface area contributed by atoms with E-state index in [1.807, 2.05) is 6.92 Å². The summed E-state index contributed by atoms with van der Waals surface area (Å²) in [6.45, 7) is 3.28. The Bertz CT molecular complexity index is 160. The summed E-state index contributed by atoms with van der Waals surface area (Å²) in [6.07, 6.45) is 1.63. The molecule has 1 unspecified atom stereocenters. The Morgan fingerprint density at radius 3 is 3.08 bits per heavy atom. The van der Waals surface area contributed by atoms with E-state index in [2.05, 4.69) is 0 Å². The molecule has 1 amide bonds. The van der Waals surface area contributed by atoms with Gasteiger partial charge in [-0.1, -0.05) is 6.92 Å². The molecule has 4 heteroatoms. The van der Waals surface area contributed by atoms with E-state index in [1.54, 1.807) is 0 Å². The number of carbonyl (C=O) groups is 1. The number of nitrogens with zero attached hydrogens (tertiary/aromatic N) is 1. The number of hydrogen-bond donors (Lipinski definition) is 1. The third-order valence-electron chi connectivity index (χ3n) is 1.96. The molecule has 1 N–H and O–H groups in total. The topological polar surface area (TPSA) is 49.8 Å². The number of likely N-dealkylation sites (tertiary alicyclic amines) is 1. The molecule has 0 aromatic rings. The van der Waals surface area contributed by atoms with Crippen LogP contribution in [-0.2, 0) is 4.74 Å². The van der Waals surface area contributed by atoms with Crippen molar-refractivity contribution in [2.75, 3.05) is 13.2 Å². The van der Waals surface area contributed by atoms with Crippen LogP contribution >= 0.6 is 0 Å². The maximum Gasteiger partial charge on any atom is 0.409 e. The second kappa shape index (κ2) is 4.30. The normalized spacial score (nSPS) is 23.1. The zero-order valence-electron chi connectivity index (χ0n) is 7.32. The standard InChI is InChI=1S/C8H15NO3/c1-2-6-12-7-4-3-5-9(7)8(10)11/h7H,2-6H2,1H3,(H,10,11). The molecular formula is C8H15NO3. The van der Waals surface area contributed by atoms with Crippen LogP contribution in [0, 0.1) is 0 Å². The lowest BCUT2D eigenvalue weighted by Gasteiger charge is -2.21. The first kappa shape index (κ1) is 9.32. The van der Waals surface area contributed by atoms with E-state index in [0.717, 1.165) is 19.3 Å². The Labute approximate surface area is 72.1 Å². The summed E-state index contributed by atoms with van der Waals surface area (Å²) in [6, 6.07) is 0. The van der Waals surface area contributed by atoms with Crippen molar-refractivity contribution in [3.05, 3.63) is 0 Å². The average molecular weight is 173 g/mol. The number of carboxylic acid groups (broad SMARTS) is 1. The van der Waals surface area contributed by atoms with Gasteiger partial charge < -0.3 is 9.84 Å². The Morgan fingerprint density at radius 1 is 1.75 bits per heavy atom. The second-order valence-electron chi connectivity index (χ2n) is 2.94. The van der Waals surface area contributed by atoms with Crippen LogP contribution in [0.5, 0.6) is 0 Å². The molecule has 1 rings (SSSR count). The summed E-state index contributed by atoms with van der Waals surface area (Å²) in [7, 11) is 0. The minimum Gasteiger partial charge on any atom is -0.465 e.